The van der Waals surface area contributed by atoms with Gasteiger partial charge in [0.1, 0.15) is 0 Å². The third-order valence-corrected chi connectivity index (χ3v) is 1.42. The Morgan fingerprint density at radius 1 is 0.692 bits per heavy atom. The molecule has 64 valence electrons. The summed E-state index contributed by atoms with van der Waals surface area (Å²) < 4.78 is 0. The van der Waals surface area contributed by atoms with Crippen molar-refractivity contribution in [2.45, 2.75) is 32.1 Å². The van der Waals surface area contributed by atoms with Gasteiger partial charge in [0.2, 0.25) is 0 Å². The third-order valence-electron chi connectivity index (χ3n) is 1.42. The summed E-state index contributed by atoms with van der Waals surface area (Å²) in [6, 6.07) is 0. The summed E-state index contributed by atoms with van der Waals surface area (Å²) in [7, 11) is 0. The second-order valence-electron chi connectivity index (χ2n) is 2.45. The summed E-state index contributed by atoms with van der Waals surface area (Å²) in [6.07, 6.45) is 15.0. The van der Waals surface area contributed by atoms with Crippen molar-refractivity contribution in [2.75, 3.05) is 0 Å². The highest BCUT2D eigenvalue weighted by molar-refractivity contribution is 5.22. The Kier molecular flexibility index (Phi) is 8.85. The van der Waals surface area contributed by atoms with E-state index in [2.05, 4.69) is 35.5 Å². The maximum absolute atomic E-state index is 4.96. The average Bonchev–Trinajstić information content (AvgIpc) is 2.16. The molecule has 0 nitrogen and oxygen atoms in total. The molecule has 0 atom stereocenters. The lowest BCUT2D eigenvalue weighted by Crippen LogP contribution is -1.75. The minimum atomic E-state index is 0.882. The molecule has 0 aliphatic heterocycles. The highest BCUT2D eigenvalue weighted by atomic mass is 13.9. The summed E-state index contributed by atoms with van der Waals surface area (Å²) in [6.45, 7) is 0. The van der Waals surface area contributed by atoms with Gasteiger partial charge in [-0.3, -0.25) is 0 Å². The molecule has 0 radical (unpaired) electrons. The van der Waals surface area contributed by atoms with Crippen LogP contribution in [0.25, 0.3) is 0 Å². The van der Waals surface area contributed by atoms with Crippen molar-refractivity contribution >= 4 is 0 Å². The van der Waals surface area contributed by atoms with Gasteiger partial charge in [-0.2, -0.15) is 0 Å². The zero-order chi connectivity index (χ0) is 9.78. The van der Waals surface area contributed by atoms with Crippen molar-refractivity contribution in [1.82, 2.24) is 0 Å². The minimum absolute atomic E-state index is 0.882. The fraction of sp³-hybridized carbons (Fsp3) is 0.385. The van der Waals surface area contributed by atoms with Crippen molar-refractivity contribution < 1.29 is 0 Å². The highest BCUT2D eigenvalue weighted by Gasteiger charge is 1.84. The normalized spacial score (nSPS) is 6.62. The van der Waals surface area contributed by atoms with E-state index >= 15 is 0 Å². The molecule has 0 aromatic carbocycles. The molecule has 0 rings (SSSR count). The molecular formula is C13H12. The molecule has 0 spiro atoms. The Bertz CT molecular complexity index is 278. The van der Waals surface area contributed by atoms with Crippen LogP contribution in [0, 0.1) is 48.4 Å². The first-order valence-electron chi connectivity index (χ1n) is 4.28. The molecule has 0 bridgehead atoms. The Balaban J connectivity index is 3.20. The fourth-order valence-electron chi connectivity index (χ4n) is 0.831. The van der Waals surface area contributed by atoms with Crippen LogP contribution in [0.3, 0.4) is 0 Å². The number of rotatable bonds is 4. The van der Waals surface area contributed by atoms with Gasteiger partial charge < -0.3 is 0 Å². The molecule has 0 heteroatoms. The second kappa shape index (κ2) is 10.2. The van der Waals surface area contributed by atoms with E-state index < -0.39 is 0 Å². The zero-order valence-corrected chi connectivity index (χ0v) is 7.69. The molecule has 0 aliphatic carbocycles. The smallest absolute Gasteiger partial charge is 0.00989 e. The first kappa shape index (κ1) is 11.2. The van der Waals surface area contributed by atoms with E-state index in [1.54, 1.807) is 0 Å². The van der Waals surface area contributed by atoms with Crippen molar-refractivity contribution in [1.29, 1.82) is 0 Å². The van der Waals surface area contributed by atoms with E-state index in [4.69, 9.17) is 12.8 Å². The van der Waals surface area contributed by atoms with E-state index in [0.717, 1.165) is 32.1 Å². The Hall–Kier alpha value is -1.76. The van der Waals surface area contributed by atoms with Crippen LogP contribution in [0.15, 0.2) is 0 Å². The molecule has 0 aromatic rings. The molecule has 0 amide bonds. The summed E-state index contributed by atoms with van der Waals surface area (Å²) in [5.74, 6) is 15.5. The van der Waals surface area contributed by atoms with Gasteiger partial charge >= 0.3 is 0 Å². The topological polar surface area (TPSA) is 0 Å². The van der Waals surface area contributed by atoms with Gasteiger partial charge in [0, 0.05) is 12.8 Å². The molecular weight excluding hydrogens is 156 g/mol. The van der Waals surface area contributed by atoms with E-state index in [9.17, 15) is 0 Å². The lowest BCUT2D eigenvalue weighted by Gasteiger charge is -1.90. The van der Waals surface area contributed by atoms with Crippen molar-refractivity contribution in [2.24, 2.45) is 0 Å². The Morgan fingerprint density at radius 2 is 1.15 bits per heavy atom. The van der Waals surface area contributed by atoms with Gasteiger partial charge in [-0.15, -0.1) is 12.8 Å². The fourth-order valence-corrected chi connectivity index (χ4v) is 0.831. The molecule has 0 saturated heterocycles. The molecule has 0 aromatic heterocycles. The van der Waals surface area contributed by atoms with Gasteiger partial charge in [0.15, 0.2) is 0 Å². The molecule has 13 heavy (non-hydrogen) atoms. The molecule has 0 saturated carbocycles. The maximum atomic E-state index is 4.96. The lowest BCUT2D eigenvalue weighted by molar-refractivity contribution is 0.709. The molecule has 0 aliphatic rings. The highest BCUT2D eigenvalue weighted by Crippen LogP contribution is 2.00. The van der Waals surface area contributed by atoms with Crippen LogP contribution in [0.4, 0.5) is 0 Å². The van der Waals surface area contributed by atoms with Crippen LogP contribution in [0.1, 0.15) is 32.1 Å². The number of unbranched alkanes of at least 4 members (excludes halogenated alkanes) is 4. The quantitative estimate of drug-likeness (QED) is 0.446. The van der Waals surface area contributed by atoms with E-state index in [1.807, 2.05) is 0 Å². The predicted molar refractivity (Wildman–Crippen MR) is 56.3 cm³/mol. The summed E-state index contributed by atoms with van der Waals surface area (Å²) in [5, 5.41) is 0. The Morgan fingerprint density at radius 3 is 1.54 bits per heavy atom. The predicted octanol–water partition coefficient (Wildman–Crippen LogP) is 2.21. The minimum Gasteiger partial charge on any atom is -0.106 e. The van der Waals surface area contributed by atoms with Crippen LogP contribution in [0.5, 0.6) is 0 Å². The van der Waals surface area contributed by atoms with E-state index in [1.165, 1.54) is 0 Å². The van der Waals surface area contributed by atoms with Crippen LogP contribution in [-0.2, 0) is 0 Å². The summed E-state index contributed by atoms with van der Waals surface area (Å²) >= 11 is 0. The SMILES string of the molecule is C#CC#CCCCCCC#CC#C. The van der Waals surface area contributed by atoms with Gasteiger partial charge in [-0.25, -0.2) is 0 Å². The number of hydrogen-bond donors (Lipinski definition) is 0. The summed E-state index contributed by atoms with van der Waals surface area (Å²) in [5.41, 5.74) is 0. The third kappa shape index (κ3) is 10.2. The number of terminal acetylenes is 2. The van der Waals surface area contributed by atoms with E-state index in [0.29, 0.717) is 0 Å². The molecule has 0 unspecified atom stereocenters. The van der Waals surface area contributed by atoms with Gasteiger partial charge in [-0.05, 0) is 36.5 Å². The van der Waals surface area contributed by atoms with Crippen molar-refractivity contribution in [3.05, 3.63) is 0 Å². The zero-order valence-electron chi connectivity index (χ0n) is 7.69. The Labute approximate surface area is 81.1 Å². The van der Waals surface area contributed by atoms with Crippen molar-refractivity contribution in [3.8, 4) is 48.4 Å². The van der Waals surface area contributed by atoms with Crippen LogP contribution in [0.2, 0.25) is 0 Å². The first-order valence-corrected chi connectivity index (χ1v) is 4.28. The van der Waals surface area contributed by atoms with Gasteiger partial charge in [-0.1, -0.05) is 18.3 Å². The van der Waals surface area contributed by atoms with Gasteiger partial charge in [0.25, 0.3) is 0 Å². The lowest BCUT2D eigenvalue weighted by atomic mass is 10.1. The molecule has 0 fully saturated rings. The van der Waals surface area contributed by atoms with Crippen LogP contribution in [-0.4, -0.2) is 0 Å². The monoisotopic (exact) mass is 168 g/mol. The largest absolute Gasteiger partial charge is 0.106 e. The number of hydrogen-bond acceptors (Lipinski definition) is 0. The molecule has 0 heterocycles. The average molecular weight is 168 g/mol. The van der Waals surface area contributed by atoms with Gasteiger partial charge in [0.05, 0.1) is 0 Å². The maximum Gasteiger partial charge on any atom is 0.00989 e. The first-order chi connectivity index (χ1) is 6.41. The molecule has 0 N–H and O–H groups in total. The van der Waals surface area contributed by atoms with E-state index in [-0.39, 0.29) is 0 Å². The van der Waals surface area contributed by atoms with Crippen LogP contribution >= 0.6 is 0 Å². The second-order valence-corrected chi connectivity index (χ2v) is 2.45. The standard InChI is InChI=1S/C13H12/c1-3-5-7-9-11-13-12-10-8-6-4-2/h1-2H,9-13H2. The summed E-state index contributed by atoms with van der Waals surface area (Å²) in [4.78, 5) is 0. The van der Waals surface area contributed by atoms with Crippen molar-refractivity contribution in [3.63, 3.8) is 0 Å². The van der Waals surface area contributed by atoms with Crippen LogP contribution < -0.4 is 0 Å².